The van der Waals surface area contributed by atoms with E-state index in [2.05, 4.69) is 68.5 Å². The van der Waals surface area contributed by atoms with E-state index >= 15 is 0 Å². The van der Waals surface area contributed by atoms with E-state index in [-0.39, 0.29) is 58.9 Å². The molecule has 5 heterocycles. The molecule has 13 aliphatic rings. The molecule has 8 heteroatoms. The summed E-state index contributed by atoms with van der Waals surface area (Å²) in [5.74, 6) is 0.600. The summed E-state index contributed by atoms with van der Waals surface area (Å²) >= 11 is 0. The Morgan fingerprint density at radius 1 is 0.385 bits per heavy atom. The van der Waals surface area contributed by atoms with Crippen LogP contribution in [0.2, 0.25) is 0 Å². The van der Waals surface area contributed by atoms with Gasteiger partial charge in [0.1, 0.15) is 23.1 Å². The van der Waals surface area contributed by atoms with Crippen LogP contribution in [0.3, 0.4) is 0 Å². The topological polar surface area (TPSA) is 131 Å². The lowest BCUT2D eigenvalue weighted by atomic mass is 9.66. The Kier molecular flexibility index (Phi) is 5.13. The molecule has 2 saturated carbocycles. The molecule has 16 bridgehead atoms. The zero-order chi connectivity index (χ0) is 34.3. The number of carbonyl (C=O) groups excluding carboxylic acids is 4. The second kappa shape index (κ2) is 9.40. The van der Waals surface area contributed by atoms with Crippen molar-refractivity contribution in [3.8, 4) is 0 Å². The van der Waals surface area contributed by atoms with Crippen molar-refractivity contribution < 1.29 is 19.2 Å². The predicted molar refractivity (Wildman–Crippen MR) is 193 cm³/mol. The summed E-state index contributed by atoms with van der Waals surface area (Å²) in [6.07, 6.45) is 23.2. The average Bonchev–Trinajstić information content (AvgIpc) is 3.90. The minimum absolute atomic E-state index is 0.0105. The lowest BCUT2D eigenvalue weighted by molar-refractivity contribution is -0.123. The highest BCUT2D eigenvalue weighted by Gasteiger charge is 2.45. The normalized spacial score (nSPS) is 31.8. The highest BCUT2D eigenvalue weighted by Crippen LogP contribution is 2.52. The Balaban J connectivity index is 1.19. The van der Waals surface area contributed by atoms with Crippen LogP contribution in [-0.2, 0) is 19.2 Å². The van der Waals surface area contributed by atoms with Crippen LogP contribution >= 0.6 is 0 Å². The van der Waals surface area contributed by atoms with Crippen molar-refractivity contribution in [3.05, 3.63) is 113 Å². The number of rotatable bonds is 0. The molecule has 0 radical (unpaired) electrons. The largest absolute Gasteiger partial charge is 0.355 e. The average molecular weight is 685 g/mol. The van der Waals surface area contributed by atoms with Gasteiger partial charge in [0.2, 0.25) is 0 Å². The van der Waals surface area contributed by atoms with Crippen LogP contribution in [0.15, 0.2) is 24.3 Å². The molecule has 8 atom stereocenters. The molecule has 4 aromatic heterocycles. The number of hydrogen-bond donors (Lipinski definition) is 4. The Hall–Kier alpha value is -5.24. The van der Waals surface area contributed by atoms with E-state index < -0.39 is 0 Å². The molecule has 0 aromatic carbocycles. The zero-order valence-corrected chi connectivity index (χ0v) is 28.5. The fourth-order valence-corrected chi connectivity index (χ4v) is 12.4. The number of Topliss-reactive ketones (excluding diaryl/α,β-unsaturated/α-hetero) is 4. The zero-order valence-electron chi connectivity index (χ0n) is 28.5. The van der Waals surface area contributed by atoms with Crippen LogP contribution in [0, 0.1) is 0 Å². The van der Waals surface area contributed by atoms with Gasteiger partial charge in [0.25, 0.3) is 0 Å². The van der Waals surface area contributed by atoms with Crippen LogP contribution in [0.1, 0.15) is 166 Å². The Labute approximate surface area is 297 Å². The van der Waals surface area contributed by atoms with Gasteiger partial charge in [-0.25, -0.2) is 0 Å². The summed E-state index contributed by atoms with van der Waals surface area (Å²) in [6, 6.07) is 0. The second-order valence-electron chi connectivity index (χ2n) is 17.0. The van der Waals surface area contributed by atoms with Crippen LogP contribution in [0.5, 0.6) is 0 Å². The Morgan fingerprint density at radius 2 is 0.865 bits per heavy atom. The van der Waals surface area contributed by atoms with Crippen molar-refractivity contribution in [1.29, 1.82) is 0 Å². The van der Waals surface area contributed by atoms with Crippen LogP contribution in [0.4, 0.5) is 0 Å². The number of carbonyl (C=O) groups is 4. The van der Waals surface area contributed by atoms with Crippen molar-refractivity contribution in [3.63, 3.8) is 0 Å². The van der Waals surface area contributed by atoms with E-state index in [1.165, 1.54) is 22.3 Å². The molecule has 0 amide bonds. The highest BCUT2D eigenvalue weighted by molar-refractivity contribution is 5.96. The lowest BCUT2D eigenvalue weighted by Crippen LogP contribution is -2.34. The SMILES string of the molecule is O=C1CC2C=CC1c1c3[nH]c(c12)C=c1[nH]c(c2c1C1C=CC2CC1=O)=Cc1[nH]c(c2c1C1CCC2CC1=O)C=c1[nH]c(c2c1C1CCC2CC1=O)=C3. The molecule has 0 saturated heterocycles. The number of aromatic nitrogens is 4. The van der Waals surface area contributed by atoms with Crippen molar-refractivity contribution in [2.24, 2.45) is 0 Å². The van der Waals surface area contributed by atoms with Crippen molar-refractivity contribution in [2.45, 2.75) is 98.7 Å². The Bertz CT molecular complexity index is 2790. The highest BCUT2D eigenvalue weighted by atomic mass is 16.1. The monoisotopic (exact) mass is 684 g/mol. The van der Waals surface area contributed by atoms with Gasteiger partial charge in [0.05, 0.1) is 11.8 Å². The quantitative estimate of drug-likeness (QED) is 0.184. The molecular formula is C44H36N4O4. The maximum atomic E-state index is 13.5. The fourth-order valence-electron chi connectivity index (χ4n) is 12.4. The molecule has 2 fully saturated rings. The number of allylic oxidation sites excluding steroid dienone is 4. The first-order valence-electron chi connectivity index (χ1n) is 19.3. The van der Waals surface area contributed by atoms with Crippen LogP contribution in [-0.4, -0.2) is 43.1 Å². The third kappa shape index (κ3) is 3.40. The molecule has 4 N–H and O–H groups in total. The molecule has 8 nitrogen and oxygen atoms in total. The van der Waals surface area contributed by atoms with E-state index in [0.29, 0.717) is 37.2 Å². The summed E-state index contributed by atoms with van der Waals surface area (Å²) in [5.41, 5.74) is 13.1. The van der Waals surface area contributed by atoms with Crippen molar-refractivity contribution in [1.82, 2.24) is 19.9 Å². The lowest BCUT2D eigenvalue weighted by Gasteiger charge is -2.36. The first-order valence-corrected chi connectivity index (χ1v) is 19.3. The number of nitrogens with one attached hydrogen (secondary N) is 4. The van der Waals surface area contributed by atoms with Crippen LogP contribution < -0.4 is 21.4 Å². The van der Waals surface area contributed by atoms with E-state index in [1.54, 1.807) is 0 Å². The van der Waals surface area contributed by atoms with E-state index in [4.69, 9.17) is 0 Å². The van der Waals surface area contributed by atoms with Crippen LogP contribution in [0.25, 0.3) is 24.3 Å². The summed E-state index contributed by atoms with van der Waals surface area (Å²) in [7, 11) is 0. The number of ketones is 4. The van der Waals surface area contributed by atoms with Gasteiger partial charge >= 0.3 is 0 Å². The molecule has 1 aliphatic heterocycles. The second-order valence-corrected chi connectivity index (χ2v) is 17.0. The van der Waals surface area contributed by atoms with Gasteiger partial charge in [-0.15, -0.1) is 0 Å². The van der Waals surface area contributed by atoms with Gasteiger partial charge in [-0.2, -0.15) is 0 Å². The number of aromatic amines is 4. The maximum absolute atomic E-state index is 13.5. The first-order chi connectivity index (χ1) is 25.4. The van der Waals surface area contributed by atoms with E-state index in [0.717, 1.165) is 92.1 Å². The minimum atomic E-state index is -0.304. The van der Waals surface area contributed by atoms with E-state index in [9.17, 15) is 19.2 Å². The summed E-state index contributed by atoms with van der Waals surface area (Å²) in [6.45, 7) is 0. The first kappa shape index (κ1) is 28.4. The summed E-state index contributed by atoms with van der Waals surface area (Å²) in [5, 5.41) is 3.90. The molecule has 52 heavy (non-hydrogen) atoms. The molecule has 17 rings (SSSR count). The molecule has 4 aromatic rings. The number of hydrogen-bond acceptors (Lipinski definition) is 4. The van der Waals surface area contributed by atoms with Gasteiger partial charge in [0, 0.05) is 93.5 Å². The molecule has 12 aliphatic carbocycles. The number of H-pyrrole nitrogens is 4. The molecule has 8 unspecified atom stereocenters. The third-order valence-electron chi connectivity index (χ3n) is 14.5. The Morgan fingerprint density at radius 3 is 1.50 bits per heavy atom. The van der Waals surface area contributed by atoms with Crippen molar-refractivity contribution in [2.75, 3.05) is 0 Å². The van der Waals surface area contributed by atoms with Gasteiger partial charge < -0.3 is 19.9 Å². The summed E-state index contributed by atoms with van der Waals surface area (Å²) in [4.78, 5) is 69.2. The van der Waals surface area contributed by atoms with E-state index in [1.807, 2.05) is 0 Å². The smallest absolute Gasteiger partial charge is 0.145 e. The minimum Gasteiger partial charge on any atom is -0.355 e. The van der Waals surface area contributed by atoms with Gasteiger partial charge in [-0.05, 0) is 106 Å². The van der Waals surface area contributed by atoms with Gasteiger partial charge in [-0.3, -0.25) is 19.2 Å². The predicted octanol–water partition coefficient (Wildman–Crippen LogP) is 3.91. The molecule has 0 spiro atoms. The van der Waals surface area contributed by atoms with Crippen molar-refractivity contribution >= 4 is 47.4 Å². The third-order valence-corrected chi connectivity index (χ3v) is 14.5. The molecule has 256 valence electrons. The molecular weight excluding hydrogens is 649 g/mol. The summed E-state index contributed by atoms with van der Waals surface area (Å²) < 4.78 is 0. The maximum Gasteiger partial charge on any atom is 0.145 e. The van der Waals surface area contributed by atoms with Gasteiger partial charge in [0.15, 0.2) is 0 Å². The van der Waals surface area contributed by atoms with Gasteiger partial charge in [-0.1, -0.05) is 24.3 Å². The fraction of sp³-hybridized carbons (Fsp3) is 0.364. The number of fused-ring (bicyclic) bond motifs is 14. The standard InChI is InChI=1S/C44H36N4O4/c49-33-9-17-1-5-21(33)41-29-14-26-38-18-3-7-23(35(51)10-18)43(38)31(47-26)16-28-40-20-4-8-24(36(52)12-20)44(40)32(48-28)15-27-39-19-2-6-22(34(50)11-19)42(39)30(46-27)13-25(45-29)37(17)41/h1-2,5-6,13-24,45-48H,3-4,7-12H2.